The summed E-state index contributed by atoms with van der Waals surface area (Å²) in [4.78, 5) is 29.2. The number of thiazole rings is 1. The molecule has 1 saturated heterocycles. The van der Waals surface area contributed by atoms with Gasteiger partial charge in [-0.1, -0.05) is 29.8 Å². The molecule has 29 heavy (non-hydrogen) atoms. The number of rotatable bonds is 4. The number of amidine groups is 1. The Labute approximate surface area is 178 Å². The van der Waals surface area contributed by atoms with E-state index in [0.717, 1.165) is 11.8 Å². The minimum absolute atomic E-state index is 0.00791. The molecule has 0 radical (unpaired) electrons. The van der Waals surface area contributed by atoms with Crippen LogP contribution in [-0.2, 0) is 4.79 Å². The van der Waals surface area contributed by atoms with Crippen LogP contribution in [0, 0.1) is 15.5 Å². The number of non-ortho nitro benzene ring substituents is 1. The molecule has 0 bridgehead atoms. The van der Waals surface area contributed by atoms with Crippen molar-refractivity contribution >= 4 is 62.7 Å². The summed E-state index contributed by atoms with van der Waals surface area (Å²) in [7, 11) is 0. The molecule has 7 nitrogen and oxygen atoms in total. The molecule has 2 heterocycles. The van der Waals surface area contributed by atoms with Crippen LogP contribution in [0.5, 0.6) is 0 Å². The van der Waals surface area contributed by atoms with Gasteiger partial charge in [0.15, 0.2) is 10.3 Å². The number of hydrogen-bond acceptors (Lipinski definition) is 7. The third-order valence-electron chi connectivity index (χ3n) is 4.07. The Morgan fingerprint density at radius 3 is 2.59 bits per heavy atom. The van der Waals surface area contributed by atoms with Gasteiger partial charge in [0.05, 0.1) is 15.5 Å². The lowest BCUT2D eigenvalue weighted by Gasteiger charge is -2.09. The molecular formula is C19H11ClN4O3S2. The van der Waals surface area contributed by atoms with Crippen molar-refractivity contribution in [3.8, 4) is 11.3 Å². The Morgan fingerprint density at radius 2 is 1.90 bits per heavy atom. The number of amides is 1. The third kappa shape index (κ3) is 3.80. The molecule has 1 amide bonds. The van der Waals surface area contributed by atoms with Gasteiger partial charge in [-0.2, -0.15) is 0 Å². The number of thioether (sulfide) groups is 1. The molecule has 1 aliphatic rings. The number of halogens is 1. The fraction of sp³-hybridized carbons (Fsp3) is 0. The van der Waals surface area contributed by atoms with Crippen LogP contribution in [0.15, 0.2) is 58.8 Å². The second-order valence-corrected chi connectivity index (χ2v) is 8.17. The Kier molecular flexibility index (Phi) is 5.18. The van der Waals surface area contributed by atoms with Crippen molar-refractivity contribution in [2.75, 3.05) is 4.90 Å². The number of nitro groups is 1. The second-order valence-electron chi connectivity index (χ2n) is 5.90. The fourth-order valence-electron chi connectivity index (χ4n) is 2.65. The van der Waals surface area contributed by atoms with Crippen LogP contribution in [0.1, 0.15) is 5.56 Å². The molecule has 3 aromatic rings. The number of nitrogens with zero attached hydrogens (tertiary/aromatic N) is 3. The van der Waals surface area contributed by atoms with Crippen LogP contribution in [0.4, 0.5) is 10.8 Å². The van der Waals surface area contributed by atoms with Crippen molar-refractivity contribution in [2.24, 2.45) is 0 Å². The first kappa shape index (κ1) is 19.3. The standard InChI is InChI=1S/C19H11ClN4O3S2/c20-14-4-2-1-3-12(14)9-16-17(25)23(18(21)29-16)19-22-15(10-28-19)11-5-7-13(8-6-11)24(26)27/h1-10,21H/b16-9-,21-18?. The van der Waals surface area contributed by atoms with E-state index in [2.05, 4.69) is 4.98 Å². The van der Waals surface area contributed by atoms with Gasteiger partial charge in [0.2, 0.25) is 0 Å². The van der Waals surface area contributed by atoms with E-state index < -0.39 is 4.92 Å². The van der Waals surface area contributed by atoms with Crippen molar-refractivity contribution in [3.05, 3.63) is 79.5 Å². The average molecular weight is 443 g/mol. The van der Waals surface area contributed by atoms with Crippen molar-refractivity contribution in [3.63, 3.8) is 0 Å². The van der Waals surface area contributed by atoms with Gasteiger partial charge >= 0.3 is 0 Å². The third-order valence-corrected chi connectivity index (χ3v) is 6.13. The maximum atomic E-state index is 12.8. The van der Waals surface area contributed by atoms with E-state index in [4.69, 9.17) is 17.0 Å². The van der Waals surface area contributed by atoms with Gasteiger partial charge in [-0.3, -0.25) is 20.3 Å². The van der Waals surface area contributed by atoms with Gasteiger partial charge < -0.3 is 0 Å². The SMILES string of the molecule is N=C1S/C(=C\c2ccccc2Cl)C(=O)N1c1nc(-c2ccc([N+](=O)[O-])cc2)cs1. The Morgan fingerprint density at radius 1 is 1.17 bits per heavy atom. The van der Waals surface area contributed by atoms with Gasteiger partial charge in [0, 0.05) is 28.1 Å². The van der Waals surface area contributed by atoms with E-state index in [9.17, 15) is 14.9 Å². The maximum Gasteiger partial charge on any atom is 0.273 e. The maximum absolute atomic E-state index is 12.8. The monoisotopic (exact) mass is 442 g/mol. The minimum atomic E-state index is -0.468. The van der Waals surface area contributed by atoms with E-state index in [-0.39, 0.29) is 16.8 Å². The van der Waals surface area contributed by atoms with E-state index >= 15 is 0 Å². The minimum Gasteiger partial charge on any atom is -0.278 e. The molecule has 2 aromatic carbocycles. The molecular weight excluding hydrogens is 432 g/mol. The highest BCUT2D eigenvalue weighted by Gasteiger charge is 2.35. The normalized spacial score (nSPS) is 15.3. The first-order valence-corrected chi connectivity index (χ1v) is 10.3. The van der Waals surface area contributed by atoms with Gasteiger partial charge in [0.25, 0.3) is 11.6 Å². The number of aromatic nitrogens is 1. The zero-order valence-electron chi connectivity index (χ0n) is 14.5. The van der Waals surface area contributed by atoms with Crippen molar-refractivity contribution in [1.82, 2.24) is 4.98 Å². The van der Waals surface area contributed by atoms with Crippen molar-refractivity contribution in [1.29, 1.82) is 5.41 Å². The Balaban J connectivity index is 1.61. The molecule has 0 aliphatic carbocycles. The Hall–Kier alpha value is -3.01. The molecule has 1 fully saturated rings. The molecule has 0 atom stereocenters. The van der Waals surface area contributed by atoms with Crippen LogP contribution in [0.2, 0.25) is 5.02 Å². The molecule has 0 saturated carbocycles. The Bertz CT molecular complexity index is 1170. The van der Waals surface area contributed by atoms with Crippen LogP contribution in [0.25, 0.3) is 17.3 Å². The van der Waals surface area contributed by atoms with Crippen molar-refractivity contribution in [2.45, 2.75) is 0 Å². The summed E-state index contributed by atoms with van der Waals surface area (Å²) in [6, 6.07) is 13.2. The zero-order chi connectivity index (χ0) is 20.5. The summed E-state index contributed by atoms with van der Waals surface area (Å²) in [6.07, 6.45) is 1.66. The average Bonchev–Trinajstić information content (AvgIpc) is 3.28. The first-order valence-electron chi connectivity index (χ1n) is 8.21. The number of nitro benzene ring substituents is 1. The number of benzene rings is 2. The van der Waals surface area contributed by atoms with Gasteiger partial charge in [-0.15, -0.1) is 11.3 Å². The molecule has 0 spiro atoms. The lowest BCUT2D eigenvalue weighted by Crippen LogP contribution is -2.27. The molecule has 1 aromatic heterocycles. The molecule has 10 heteroatoms. The summed E-state index contributed by atoms with van der Waals surface area (Å²) >= 11 is 8.43. The number of carbonyl (C=O) groups excluding carboxylic acids is 1. The number of carbonyl (C=O) groups is 1. The number of hydrogen-bond donors (Lipinski definition) is 1. The topological polar surface area (TPSA) is 100 Å². The highest BCUT2D eigenvalue weighted by molar-refractivity contribution is 8.19. The van der Waals surface area contributed by atoms with Crippen LogP contribution in [-0.4, -0.2) is 21.0 Å². The largest absolute Gasteiger partial charge is 0.278 e. The zero-order valence-corrected chi connectivity index (χ0v) is 16.9. The molecule has 1 aliphatic heterocycles. The summed E-state index contributed by atoms with van der Waals surface area (Å²) in [5.74, 6) is -0.343. The molecule has 0 unspecified atom stereocenters. The lowest BCUT2D eigenvalue weighted by molar-refractivity contribution is -0.384. The van der Waals surface area contributed by atoms with Gasteiger partial charge in [0.1, 0.15) is 0 Å². The second kappa shape index (κ2) is 7.78. The summed E-state index contributed by atoms with van der Waals surface area (Å²) < 4.78 is 0. The number of anilines is 1. The molecule has 1 N–H and O–H groups in total. The van der Waals surface area contributed by atoms with Gasteiger partial charge in [-0.05, 0) is 41.6 Å². The highest BCUT2D eigenvalue weighted by Crippen LogP contribution is 2.38. The quantitative estimate of drug-likeness (QED) is 0.330. The summed E-state index contributed by atoms with van der Waals surface area (Å²) in [5.41, 5.74) is 1.96. The van der Waals surface area contributed by atoms with Crippen LogP contribution < -0.4 is 4.90 Å². The van der Waals surface area contributed by atoms with Gasteiger partial charge in [-0.25, -0.2) is 9.88 Å². The summed E-state index contributed by atoms with van der Waals surface area (Å²) in [6.45, 7) is 0. The summed E-state index contributed by atoms with van der Waals surface area (Å²) in [5, 5.41) is 21.7. The van der Waals surface area contributed by atoms with E-state index in [1.807, 2.05) is 6.07 Å². The molecule has 144 valence electrons. The highest BCUT2D eigenvalue weighted by atomic mass is 35.5. The smallest absolute Gasteiger partial charge is 0.273 e. The first-order chi connectivity index (χ1) is 13.9. The van der Waals surface area contributed by atoms with E-state index in [1.54, 1.807) is 41.8 Å². The molecule has 4 rings (SSSR count). The van der Waals surface area contributed by atoms with E-state index in [0.29, 0.717) is 31.9 Å². The predicted molar refractivity (Wildman–Crippen MR) is 116 cm³/mol. The van der Waals surface area contributed by atoms with E-state index in [1.165, 1.54) is 28.4 Å². The predicted octanol–water partition coefficient (Wildman–Crippen LogP) is 5.43. The van der Waals surface area contributed by atoms with Crippen LogP contribution >= 0.6 is 34.7 Å². The number of nitrogens with one attached hydrogen (secondary N) is 1. The van der Waals surface area contributed by atoms with Crippen molar-refractivity contribution < 1.29 is 9.72 Å². The van der Waals surface area contributed by atoms with Crippen LogP contribution in [0.3, 0.4) is 0 Å². The fourth-order valence-corrected chi connectivity index (χ4v) is 4.57. The lowest BCUT2D eigenvalue weighted by atomic mass is 10.1.